The molecule has 31 nitrogen and oxygen atoms in total. The summed E-state index contributed by atoms with van der Waals surface area (Å²) in [5.74, 6) is 3.34. The Kier molecular flexibility index (Phi) is 26.5. The Balaban J connectivity index is 0.000000138. The first kappa shape index (κ1) is 84.0. The third kappa shape index (κ3) is 21.6. The van der Waals surface area contributed by atoms with E-state index in [1.54, 1.807) is 111 Å². The number of hydrogen-bond donors (Lipinski definition) is 0. The molecular formula is C88H83F6N23O8. The Morgan fingerprint density at radius 1 is 0.400 bits per heavy atom. The molecule has 0 N–H and O–H groups in total. The summed E-state index contributed by atoms with van der Waals surface area (Å²) in [4.78, 5) is 109. The quantitative estimate of drug-likeness (QED) is 0.0508. The predicted octanol–water partition coefficient (Wildman–Crippen LogP) is 10.2. The number of benzene rings is 6. The molecule has 18 rings (SSSR count). The van der Waals surface area contributed by atoms with Crippen molar-refractivity contribution in [3.63, 3.8) is 0 Å². The van der Waals surface area contributed by atoms with Crippen molar-refractivity contribution < 1.29 is 64.5 Å². The average Bonchev–Trinajstić information content (AvgIpc) is 1.63. The van der Waals surface area contributed by atoms with Crippen LogP contribution in [0.25, 0.3) is 68.3 Å². The number of halogens is 6. The van der Waals surface area contributed by atoms with Crippen molar-refractivity contribution in [2.75, 3.05) is 126 Å². The highest BCUT2D eigenvalue weighted by Gasteiger charge is 2.31. The largest absolute Gasteiger partial charge is 0.476 e. The van der Waals surface area contributed by atoms with E-state index in [-0.39, 0.29) is 84.3 Å². The maximum absolute atomic E-state index is 13.6. The maximum atomic E-state index is 13.6. The average molecular weight is 1700 g/mol. The molecule has 125 heavy (non-hydrogen) atoms. The number of likely N-dealkylation sites (tertiary alicyclic amines) is 1. The first-order valence-corrected chi connectivity index (χ1v) is 40.6. The molecular weight excluding hydrogens is 1620 g/mol. The molecule has 5 saturated heterocycles. The van der Waals surface area contributed by atoms with E-state index in [1.807, 2.05) is 24.3 Å². The van der Waals surface area contributed by atoms with Crippen molar-refractivity contribution in [2.45, 2.75) is 51.6 Å². The fourth-order valence-electron chi connectivity index (χ4n) is 14.5. The first-order chi connectivity index (χ1) is 61.0. The summed E-state index contributed by atoms with van der Waals surface area (Å²) in [7, 11) is 0. The van der Waals surface area contributed by atoms with E-state index in [2.05, 4.69) is 79.8 Å². The number of nitrogens with zero attached hydrogens (tertiary/aromatic N) is 23. The van der Waals surface area contributed by atoms with Gasteiger partial charge in [-0.3, -0.25) is 24.2 Å². The molecule has 37 heteroatoms. The Bertz CT molecular complexity index is 5840. The second-order valence-electron chi connectivity index (χ2n) is 29.6. The number of hydrogen-bond acceptors (Lipinski definition) is 24. The van der Waals surface area contributed by atoms with Crippen LogP contribution in [-0.2, 0) is 50.2 Å². The van der Waals surface area contributed by atoms with Crippen LogP contribution in [0.3, 0.4) is 0 Å². The van der Waals surface area contributed by atoms with Gasteiger partial charge in [-0.1, -0.05) is 6.07 Å². The minimum atomic E-state index is -0.386. The van der Waals surface area contributed by atoms with Gasteiger partial charge in [-0.05, 0) is 164 Å². The van der Waals surface area contributed by atoms with E-state index in [0.29, 0.717) is 216 Å². The molecule has 640 valence electrons. The topological polar surface area (TPSA) is 310 Å². The zero-order valence-electron chi connectivity index (χ0n) is 67.5. The van der Waals surface area contributed by atoms with Gasteiger partial charge in [-0.25, -0.2) is 85.2 Å². The SMILES string of the molecule is O=C(Cn1nc(-c2ccc(F)cc2)nc1-c1ccc(F)cc1)N1CCN(c2cc(OCc3ccccn3)ncn2)CC1.O=C(Cn1nc(-c2ccc(F)cc2)nc1-c1ccc(F)cc1)N1CCN(c2cc(O[C@H]3CCOC3)ncn2)CC1.O=C1CCCN1CCOc1cc(N2CCN(C(=O)Cn3nc(-c4ccc(F)cc4)nc3-c3ccc(F)cc3)CC2)ncn1. The molecule has 0 radical (unpaired) electrons. The number of carbonyl (C=O) groups is 4. The van der Waals surface area contributed by atoms with Gasteiger partial charge in [-0.2, -0.15) is 0 Å². The zero-order chi connectivity index (χ0) is 86.1. The molecule has 5 aliphatic rings. The van der Waals surface area contributed by atoms with Gasteiger partial charge in [0.2, 0.25) is 41.3 Å². The van der Waals surface area contributed by atoms with Gasteiger partial charge in [-0.15, -0.1) is 15.3 Å². The normalized spacial score (nSPS) is 15.3. The number of carbonyl (C=O) groups excluding carboxylic acids is 4. The summed E-state index contributed by atoms with van der Waals surface area (Å²) in [5.41, 5.74) is 4.44. The fourth-order valence-corrected chi connectivity index (χ4v) is 14.5. The van der Waals surface area contributed by atoms with Crippen molar-refractivity contribution in [1.82, 2.24) is 98.8 Å². The molecule has 1 atom stereocenters. The van der Waals surface area contributed by atoms with Gasteiger partial charge in [0.15, 0.2) is 34.9 Å². The van der Waals surface area contributed by atoms with E-state index in [9.17, 15) is 45.5 Å². The lowest BCUT2D eigenvalue weighted by Gasteiger charge is -2.35. The van der Waals surface area contributed by atoms with Crippen LogP contribution >= 0.6 is 0 Å². The lowest BCUT2D eigenvalue weighted by Crippen LogP contribution is -2.50. The van der Waals surface area contributed by atoms with Crippen LogP contribution in [-0.4, -0.2) is 240 Å². The van der Waals surface area contributed by atoms with E-state index in [4.69, 9.17) is 18.9 Å². The number of piperazine rings is 3. The molecule has 0 aliphatic carbocycles. The number of rotatable bonds is 24. The summed E-state index contributed by atoms with van der Waals surface area (Å²) in [5, 5.41) is 13.6. The van der Waals surface area contributed by atoms with E-state index < -0.39 is 0 Å². The highest BCUT2D eigenvalue weighted by atomic mass is 19.1. The van der Waals surface area contributed by atoms with Crippen LogP contribution in [0, 0.1) is 34.9 Å². The second-order valence-corrected chi connectivity index (χ2v) is 29.6. The Morgan fingerprint density at radius 2 is 0.760 bits per heavy atom. The van der Waals surface area contributed by atoms with Crippen LogP contribution in [0.5, 0.6) is 17.6 Å². The maximum Gasteiger partial charge on any atom is 0.244 e. The molecule has 0 unspecified atom stereocenters. The predicted molar refractivity (Wildman–Crippen MR) is 445 cm³/mol. The van der Waals surface area contributed by atoms with Crippen molar-refractivity contribution in [1.29, 1.82) is 0 Å². The summed E-state index contributed by atoms with van der Waals surface area (Å²) in [6.45, 7) is 9.40. The fraction of sp³-hybridized carbons (Fsp3) is 0.284. The highest BCUT2D eigenvalue weighted by Crippen LogP contribution is 2.31. The first-order valence-electron chi connectivity index (χ1n) is 40.6. The standard InChI is InChI=1S/C30H30F2N8O3.C30H26F2N8O2.C28H27F2N7O3/c31-23-7-3-21(4-8-23)29-35-30(22-5-9-24(32)10-6-22)40(36-29)19-28(42)39-14-12-37(13-15-39)25-18-26(34-20-33-25)43-17-16-38-11-1-2-27(38)41;31-23-8-4-21(5-9-23)29-36-30(22-6-10-24(32)11-7-22)40(37-29)18-28(41)39-15-13-38(14-16-39)26-17-27(35-20-34-26)42-19-25-3-1-2-12-33-25;29-21-5-1-19(2-6-21)27-33-28(20-3-7-22(30)8-4-20)37(34-27)16-26(38)36-12-10-35(11-13-36)24-15-25(32-18-31-24)40-23-9-14-39-17-23/h3-10,18,20H,1-2,11-17,19H2;1-12,17,20H,13-16,18-19H2;1-8,15,18,23H,9-14,16-17H2/t;;23-/m..0/s1. The van der Waals surface area contributed by atoms with Gasteiger partial charge in [0.05, 0.1) is 25.5 Å². The summed E-state index contributed by atoms with van der Waals surface area (Å²) < 4.78 is 109. The van der Waals surface area contributed by atoms with Gasteiger partial charge >= 0.3 is 0 Å². The molecule has 5 fully saturated rings. The molecule has 4 amide bonds. The van der Waals surface area contributed by atoms with Crippen molar-refractivity contribution >= 4 is 41.1 Å². The number of ether oxygens (including phenoxy) is 4. The van der Waals surface area contributed by atoms with Crippen LogP contribution < -0.4 is 28.9 Å². The van der Waals surface area contributed by atoms with Gasteiger partial charge < -0.3 is 53.2 Å². The number of aromatic nitrogens is 16. The second kappa shape index (κ2) is 39.5. The number of pyridine rings is 1. The molecule has 5 aliphatic heterocycles. The molecule has 0 bridgehead atoms. The minimum absolute atomic E-state index is 0.00243. The molecule has 6 aromatic carbocycles. The van der Waals surface area contributed by atoms with E-state index in [1.165, 1.54) is 106 Å². The van der Waals surface area contributed by atoms with Gasteiger partial charge in [0.1, 0.15) is 110 Å². The van der Waals surface area contributed by atoms with Crippen molar-refractivity contribution in [3.8, 4) is 86.0 Å². The van der Waals surface area contributed by atoms with Crippen LogP contribution in [0.15, 0.2) is 207 Å². The zero-order valence-corrected chi connectivity index (χ0v) is 67.5. The van der Waals surface area contributed by atoms with Crippen molar-refractivity contribution in [2.24, 2.45) is 0 Å². The summed E-state index contributed by atoms with van der Waals surface area (Å²) in [6.07, 6.45) is 8.41. The van der Waals surface area contributed by atoms with Gasteiger partial charge in [0.25, 0.3) is 0 Å². The highest BCUT2D eigenvalue weighted by molar-refractivity contribution is 5.80. The van der Waals surface area contributed by atoms with Crippen LogP contribution in [0.1, 0.15) is 25.0 Å². The molecule has 7 aromatic heterocycles. The third-order valence-electron chi connectivity index (χ3n) is 21.3. The minimum Gasteiger partial charge on any atom is -0.476 e. The van der Waals surface area contributed by atoms with E-state index in [0.717, 1.165) is 30.9 Å². The smallest absolute Gasteiger partial charge is 0.244 e. The monoisotopic (exact) mass is 1700 g/mol. The summed E-state index contributed by atoms with van der Waals surface area (Å²) >= 11 is 0. The van der Waals surface area contributed by atoms with Crippen molar-refractivity contribution in [3.05, 3.63) is 248 Å². The summed E-state index contributed by atoms with van der Waals surface area (Å²) in [6, 6.07) is 45.9. The molecule has 0 spiro atoms. The number of amides is 4. The van der Waals surface area contributed by atoms with E-state index >= 15 is 0 Å². The van der Waals surface area contributed by atoms with Crippen LogP contribution in [0.2, 0.25) is 0 Å². The molecule has 0 saturated carbocycles. The Hall–Kier alpha value is -14.7. The Labute approximate surface area is 712 Å². The Morgan fingerprint density at radius 3 is 1.10 bits per heavy atom. The van der Waals surface area contributed by atoms with Crippen LogP contribution in [0.4, 0.5) is 43.8 Å². The lowest BCUT2D eigenvalue weighted by atomic mass is 10.2. The number of anilines is 3. The molecule has 13 aromatic rings. The van der Waals surface area contributed by atoms with Gasteiger partial charge in [0, 0.05) is 156 Å². The lowest BCUT2D eigenvalue weighted by molar-refractivity contribution is -0.133. The third-order valence-corrected chi connectivity index (χ3v) is 21.3. The molecule has 12 heterocycles.